The lowest BCUT2D eigenvalue weighted by molar-refractivity contribution is -0.120. The predicted molar refractivity (Wildman–Crippen MR) is 148 cm³/mol. The van der Waals surface area contributed by atoms with Crippen LogP contribution in [-0.2, 0) is 24.2 Å². The average molecular weight is 550 g/mol. The summed E-state index contributed by atoms with van der Waals surface area (Å²) in [5, 5.41) is 3.72. The van der Waals surface area contributed by atoms with E-state index in [1.54, 1.807) is 15.9 Å². The summed E-state index contributed by atoms with van der Waals surface area (Å²) in [5.41, 5.74) is 2.65. The first-order valence-electron chi connectivity index (χ1n) is 12.6. The Balaban J connectivity index is 1.28. The normalized spacial score (nSPS) is 14.5. The third-order valence-electron chi connectivity index (χ3n) is 6.67. The number of carbonyl (C=O) groups is 1. The Bertz CT molecular complexity index is 1580. The highest BCUT2D eigenvalue weighted by Crippen LogP contribution is 2.37. The van der Waals surface area contributed by atoms with Crippen molar-refractivity contribution >= 4 is 39.2 Å². The van der Waals surface area contributed by atoms with Gasteiger partial charge in [-0.3, -0.25) is 14.2 Å². The highest BCUT2D eigenvalue weighted by atomic mass is 32.2. The fourth-order valence-corrected chi connectivity index (χ4v) is 7.04. The van der Waals surface area contributed by atoms with Gasteiger partial charge >= 0.3 is 0 Å². The Morgan fingerprint density at radius 3 is 2.82 bits per heavy atom. The van der Waals surface area contributed by atoms with E-state index in [0.717, 1.165) is 41.0 Å². The third kappa shape index (κ3) is 4.63. The number of hydrogen-bond donors (Lipinski definition) is 1. The second kappa shape index (κ2) is 10.3. The zero-order chi connectivity index (χ0) is 26.2. The Kier molecular flexibility index (Phi) is 6.75. The number of thiophene rings is 1. The third-order valence-corrected chi connectivity index (χ3v) is 8.91. The van der Waals surface area contributed by atoms with Gasteiger partial charge in [-0.25, -0.2) is 4.98 Å². The largest absolute Gasteiger partial charge is 0.494 e. The van der Waals surface area contributed by atoms with Gasteiger partial charge in [-0.2, -0.15) is 0 Å². The number of aromatic nitrogens is 2. The van der Waals surface area contributed by atoms with Crippen molar-refractivity contribution in [2.45, 2.75) is 50.1 Å². The molecular formula is C28H27N3O5S2. The Morgan fingerprint density at radius 2 is 2.00 bits per heavy atom. The number of nitrogens with one attached hydrogen (secondary N) is 1. The quantitative estimate of drug-likeness (QED) is 0.248. The van der Waals surface area contributed by atoms with Gasteiger partial charge in [-0.1, -0.05) is 17.8 Å². The van der Waals surface area contributed by atoms with Crippen LogP contribution >= 0.6 is 23.1 Å². The second-order valence-electron chi connectivity index (χ2n) is 9.16. The van der Waals surface area contributed by atoms with E-state index < -0.39 is 5.25 Å². The number of aryl methyl sites for hydroxylation is 2. The molecule has 8 nitrogen and oxygen atoms in total. The maximum Gasteiger partial charge on any atom is 0.267 e. The van der Waals surface area contributed by atoms with E-state index in [-0.39, 0.29) is 18.3 Å². The summed E-state index contributed by atoms with van der Waals surface area (Å²) in [5.74, 6) is 1.98. The summed E-state index contributed by atoms with van der Waals surface area (Å²) < 4.78 is 18.0. The van der Waals surface area contributed by atoms with Crippen LogP contribution in [0.25, 0.3) is 15.9 Å². The summed E-state index contributed by atoms with van der Waals surface area (Å²) in [7, 11) is 0. The molecule has 1 unspecified atom stereocenters. The first kappa shape index (κ1) is 24.8. The smallest absolute Gasteiger partial charge is 0.267 e. The minimum absolute atomic E-state index is 0.0889. The van der Waals surface area contributed by atoms with E-state index in [2.05, 4.69) is 5.32 Å². The average Bonchev–Trinajstić information content (AvgIpc) is 3.64. The zero-order valence-corrected chi connectivity index (χ0v) is 22.7. The van der Waals surface area contributed by atoms with Crippen LogP contribution in [0.3, 0.4) is 0 Å². The summed E-state index contributed by atoms with van der Waals surface area (Å²) in [6.45, 7) is 4.89. The van der Waals surface area contributed by atoms with Crippen LogP contribution < -0.4 is 25.1 Å². The Morgan fingerprint density at radius 1 is 1.18 bits per heavy atom. The van der Waals surface area contributed by atoms with Crippen molar-refractivity contribution < 1.29 is 19.0 Å². The molecule has 196 valence electrons. The number of carbonyl (C=O) groups excluding carboxylic acids is 1. The van der Waals surface area contributed by atoms with Crippen molar-refractivity contribution in [3.05, 3.63) is 68.8 Å². The molecule has 1 aliphatic carbocycles. The molecule has 4 aromatic rings. The number of ether oxygens (including phenoxy) is 3. The van der Waals surface area contributed by atoms with Crippen LogP contribution in [-0.4, -0.2) is 34.1 Å². The minimum Gasteiger partial charge on any atom is -0.494 e. The molecule has 2 aliphatic rings. The van der Waals surface area contributed by atoms with Gasteiger partial charge in [0.25, 0.3) is 5.56 Å². The minimum atomic E-state index is -0.478. The molecule has 3 heterocycles. The van der Waals surface area contributed by atoms with Gasteiger partial charge < -0.3 is 19.5 Å². The molecule has 1 N–H and O–H groups in total. The molecule has 2 aromatic heterocycles. The summed E-state index contributed by atoms with van der Waals surface area (Å²) in [6.07, 6.45) is 2.96. The Labute approximate surface area is 227 Å². The topological polar surface area (TPSA) is 91.7 Å². The number of rotatable bonds is 8. The van der Waals surface area contributed by atoms with E-state index in [0.29, 0.717) is 40.9 Å². The number of benzene rings is 2. The summed E-state index contributed by atoms with van der Waals surface area (Å²) in [4.78, 5) is 33.9. The van der Waals surface area contributed by atoms with Crippen molar-refractivity contribution in [3.8, 4) is 22.9 Å². The van der Waals surface area contributed by atoms with Gasteiger partial charge in [0.2, 0.25) is 12.7 Å². The highest BCUT2D eigenvalue weighted by Gasteiger charge is 2.26. The Hall–Kier alpha value is -3.50. The van der Waals surface area contributed by atoms with Crippen LogP contribution in [0, 0.1) is 0 Å². The van der Waals surface area contributed by atoms with Gasteiger partial charge in [0, 0.05) is 11.4 Å². The lowest BCUT2D eigenvalue weighted by Gasteiger charge is -2.16. The van der Waals surface area contributed by atoms with Gasteiger partial charge in [-0.15, -0.1) is 11.3 Å². The number of nitrogens with zero attached hydrogens (tertiary/aromatic N) is 2. The molecular weight excluding hydrogens is 522 g/mol. The number of hydrogen-bond acceptors (Lipinski definition) is 8. The fraction of sp³-hybridized carbons (Fsp3) is 0.321. The molecule has 0 radical (unpaired) electrons. The van der Waals surface area contributed by atoms with Crippen molar-refractivity contribution in [2.75, 3.05) is 13.4 Å². The van der Waals surface area contributed by atoms with Gasteiger partial charge in [0.05, 0.1) is 22.9 Å². The molecule has 2 aromatic carbocycles. The summed E-state index contributed by atoms with van der Waals surface area (Å²) >= 11 is 2.88. The van der Waals surface area contributed by atoms with E-state index in [1.807, 2.05) is 56.3 Å². The van der Waals surface area contributed by atoms with E-state index in [1.165, 1.54) is 16.6 Å². The van der Waals surface area contributed by atoms with E-state index in [9.17, 15) is 9.59 Å². The number of thioether (sulfide) groups is 1. The lowest BCUT2D eigenvalue weighted by atomic mass is 10.2. The van der Waals surface area contributed by atoms with Gasteiger partial charge in [0.15, 0.2) is 16.7 Å². The lowest BCUT2D eigenvalue weighted by Crippen LogP contribution is -2.31. The number of amides is 1. The predicted octanol–water partition coefficient (Wildman–Crippen LogP) is 4.86. The van der Waals surface area contributed by atoms with Gasteiger partial charge in [0.1, 0.15) is 10.6 Å². The highest BCUT2D eigenvalue weighted by molar-refractivity contribution is 8.00. The van der Waals surface area contributed by atoms with E-state index >= 15 is 0 Å². The van der Waals surface area contributed by atoms with Crippen LogP contribution in [0.5, 0.6) is 17.2 Å². The second-order valence-corrected chi connectivity index (χ2v) is 11.6. The SMILES string of the molecule is CCOc1ccc(-n2c(SC(C)C(=O)NCc3ccc4c(c3)OCO4)nc3sc4c(c3c2=O)CCC4)cc1. The van der Waals surface area contributed by atoms with Crippen LogP contribution in [0.4, 0.5) is 0 Å². The molecule has 0 fully saturated rings. The molecule has 0 bridgehead atoms. The molecule has 1 aliphatic heterocycles. The maximum absolute atomic E-state index is 13.9. The van der Waals surface area contributed by atoms with Crippen LogP contribution in [0.2, 0.25) is 0 Å². The maximum atomic E-state index is 13.9. The monoisotopic (exact) mass is 549 g/mol. The van der Waals surface area contributed by atoms with Crippen LogP contribution in [0.1, 0.15) is 36.3 Å². The van der Waals surface area contributed by atoms with Crippen LogP contribution in [0.15, 0.2) is 52.4 Å². The van der Waals surface area contributed by atoms with E-state index in [4.69, 9.17) is 19.2 Å². The molecule has 0 saturated heterocycles. The molecule has 10 heteroatoms. The first-order chi connectivity index (χ1) is 18.5. The fourth-order valence-electron chi connectivity index (χ4n) is 4.79. The molecule has 38 heavy (non-hydrogen) atoms. The molecule has 1 atom stereocenters. The molecule has 1 amide bonds. The number of fused-ring (bicyclic) bond motifs is 4. The molecule has 0 saturated carbocycles. The zero-order valence-electron chi connectivity index (χ0n) is 21.1. The summed E-state index contributed by atoms with van der Waals surface area (Å²) in [6, 6.07) is 13.0. The van der Waals surface area contributed by atoms with Crippen molar-refractivity contribution in [3.63, 3.8) is 0 Å². The molecule has 0 spiro atoms. The first-order valence-corrected chi connectivity index (χ1v) is 14.3. The standard InChI is InChI=1S/C28H27N3O5S2/c1-3-34-19-10-8-18(9-11-19)31-27(33)24-20-5-4-6-23(20)38-26(24)30-28(31)37-16(2)25(32)29-14-17-7-12-21-22(13-17)36-15-35-21/h7-13,16H,3-6,14-15H2,1-2H3,(H,29,32). The van der Waals surface area contributed by atoms with Crippen molar-refractivity contribution in [2.24, 2.45) is 0 Å². The van der Waals surface area contributed by atoms with Crippen molar-refractivity contribution in [1.82, 2.24) is 14.9 Å². The molecule has 6 rings (SSSR count). The van der Waals surface area contributed by atoms with Gasteiger partial charge in [-0.05, 0) is 80.6 Å². The van der Waals surface area contributed by atoms with Crippen molar-refractivity contribution in [1.29, 1.82) is 0 Å².